The number of aromatic nitrogens is 2. The van der Waals surface area contributed by atoms with Gasteiger partial charge in [0.2, 0.25) is 5.91 Å². The van der Waals surface area contributed by atoms with Gasteiger partial charge in [-0.05, 0) is 33.3 Å². The van der Waals surface area contributed by atoms with E-state index in [9.17, 15) is 19.2 Å². The first kappa shape index (κ1) is 31.5. The summed E-state index contributed by atoms with van der Waals surface area (Å²) in [7, 11) is 2.89. The van der Waals surface area contributed by atoms with Crippen molar-refractivity contribution in [2.45, 2.75) is 51.7 Å². The molecule has 12 heteroatoms. The fourth-order valence-corrected chi connectivity index (χ4v) is 4.27. The molecule has 3 rings (SSSR count). The second-order valence-corrected chi connectivity index (χ2v) is 10.6. The van der Waals surface area contributed by atoms with Crippen LogP contribution in [0.15, 0.2) is 36.4 Å². The number of ether oxygens (including phenoxy) is 3. The molecule has 1 aromatic carbocycles. The summed E-state index contributed by atoms with van der Waals surface area (Å²) in [5, 5.41) is 2.79. The highest BCUT2D eigenvalue weighted by molar-refractivity contribution is 5.96. The average Bonchev–Trinajstić information content (AvgIpc) is 2.96. The first-order valence-electron chi connectivity index (χ1n) is 13.6. The van der Waals surface area contributed by atoms with Crippen molar-refractivity contribution in [2.75, 3.05) is 47.0 Å². The maximum absolute atomic E-state index is 13.6. The van der Waals surface area contributed by atoms with Crippen LogP contribution in [-0.4, -0.2) is 102 Å². The van der Waals surface area contributed by atoms with Crippen LogP contribution in [0.2, 0.25) is 0 Å². The number of hydrogen-bond donors (Lipinski definition) is 1. The summed E-state index contributed by atoms with van der Waals surface area (Å²) in [5.74, 6) is -1.03. The Labute approximate surface area is 240 Å². The Bertz CT molecular complexity index is 1210. The average molecular weight is 570 g/mol. The normalized spacial score (nSPS) is 14.3. The van der Waals surface area contributed by atoms with Crippen LogP contribution in [0.3, 0.4) is 0 Å². The lowest BCUT2D eigenvalue weighted by atomic mass is 10.1. The molecule has 1 unspecified atom stereocenters. The Morgan fingerprint density at radius 3 is 2.24 bits per heavy atom. The molecule has 3 amide bonds. The van der Waals surface area contributed by atoms with Crippen LogP contribution < -0.4 is 5.32 Å². The molecule has 0 radical (unpaired) electrons. The zero-order valence-corrected chi connectivity index (χ0v) is 24.3. The van der Waals surface area contributed by atoms with Crippen LogP contribution in [0.1, 0.15) is 49.8 Å². The van der Waals surface area contributed by atoms with Gasteiger partial charge in [0.25, 0.3) is 5.91 Å². The topological polar surface area (TPSA) is 140 Å². The monoisotopic (exact) mass is 569 g/mol. The minimum atomic E-state index is -1.02. The van der Waals surface area contributed by atoms with Gasteiger partial charge in [-0.15, -0.1) is 0 Å². The van der Waals surface area contributed by atoms with E-state index in [0.717, 1.165) is 5.56 Å². The number of methoxy groups -OCH3 is 2. The van der Waals surface area contributed by atoms with E-state index in [1.807, 2.05) is 30.3 Å². The Hall–Kier alpha value is -4.06. The second kappa shape index (κ2) is 14.5. The molecular weight excluding hydrogens is 530 g/mol. The van der Waals surface area contributed by atoms with E-state index in [-0.39, 0.29) is 37.5 Å². The summed E-state index contributed by atoms with van der Waals surface area (Å²) in [4.78, 5) is 63.6. The quantitative estimate of drug-likeness (QED) is 0.427. The molecule has 0 saturated carbocycles. The molecule has 1 aliphatic rings. The van der Waals surface area contributed by atoms with Crippen LogP contribution in [0.5, 0.6) is 0 Å². The van der Waals surface area contributed by atoms with Gasteiger partial charge in [-0.2, -0.15) is 0 Å². The lowest BCUT2D eigenvalue weighted by molar-refractivity contribution is -0.155. The predicted molar refractivity (Wildman–Crippen MR) is 150 cm³/mol. The Morgan fingerprint density at radius 1 is 0.976 bits per heavy atom. The van der Waals surface area contributed by atoms with Crippen LogP contribution in [0, 0.1) is 0 Å². The number of benzene rings is 1. The number of hydrogen-bond acceptors (Lipinski definition) is 9. The zero-order valence-electron chi connectivity index (χ0n) is 24.3. The number of rotatable bonds is 10. The summed E-state index contributed by atoms with van der Waals surface area (Å²) in [6, 6.07) is 9.83. The van der Waals surface area contributed by atoms with E-state index in [1.165, 1.54) is 12.0 Å². The fourth-order valence-electron chi connectivity index (χ4n) is 4.27. The van der Waals surface area contributed by atoms with E-state index in [1.54, 1.807) is 38.8 Å². The lowest BCUT2D eigenvalue weighted by Gasteiger charge is -2.35. The zero-order chi connectivity index (χ0) is 30.0. The van der Waals surface area contributed by atoms with E-state index in [4.69, 9.17) is 14.2 Å². The smallest absolute Gasteiger partial charge is 0.409 e. The minimum Gasteiger partial charge on any atom is -0.460 e. The summed E-state index contributed by atoms with van der Waals surface area (Å²) >= 11 is 0. The molecule has 1 aliphatic heterocycles. The molecule has 1 N–H and O–H groups in total. The highest BCUT2D eigenvalue weighted by Gasteiger charge is 2.32. The first-order valence-corrected chi connectivity index (χ1v) is 13.6. The number of carbonyl (C=O) groups excluding carboxylic acids is 4. The van der Waals surface area contributed by atoms with Gasteiger partial charge >= 0.3 is 12.1 Å². The van der Waals surface area contributed by atoms with Gasteiger partial charge in [-0.3, -0.25) is 14.4 Å². The van der Waals surface area contributed by atoms with Crippen molar-refractivity contribution in [3.05, 3.63) is 47.8 Å². The predicted octanol–water partition coefficient (Wildman–Crippen LogP) is 2.46. The molecule has 2 aromatic rings. The highest BCUT2D eigenvalue weighted by atomic mass is 16.6. The lowest BCUT2D eigenvalue weighted by Crippen LogP contribution is -2.56. The van der Waals surface area contributed by atoms with Gasteiger partial charge < -0.3 is 29.3 Å². The van der Waals surface area contributed by atoms with E-state index < -0.39 is 29.6 Å². The van der Waals surface area contributed by atoms with E-state index in [2.05, 4.69) is 15.3 Å². The summed E-state index contributed by atoms with van der Waals surface area (Å²) < 4.78 is 15.4. The maximum Gasteiger partial charge on any atom is 0.409 e. The van der Waals surface area contributed by atoms with Crippen LogP contribution in [0.4, 0.5) is 4.79 Å². The van der Waals surface area contributed by atoms with Gasteiger partial charge in [0.15, 0.2) is 5.82 Å². The molecule has 12 nitrogen and oxygen atoms in total. The number of nitrogens with zero attached hydrogens (tertiary/aromatic N) is 4. The van der Waals surface area contributed by atoms with Crippen molar-refractivity contribution >= 4 is 23.9 Å². The highest BCUT2D eigenvalue weighted by Crippen LogP contribution is 2.17. The molecular formula is C29H39N5O7. The largest absolute Gasteiger partial charge is 0.460 e. The molecule has 1 atom stereocenters. The summed E-state index contributed by atoms with van der Waals surface area (Å²) in [6.07, 6.45) is -0.0444. The van der Waals surface area contributed by atoms with Crippen molar-refractivity contribution < 1.29 is 33.4 Å². The molecule has 0 aliphatic carbocycles. The standard InChI is InChI=1S/C29H39N5O7/c1-29(2,3)41-24(35)12-11-22(27(37)33-14-16-34(17-15-33)28(38)40-5)32-26(36)23-19-21(13-18-39-4)30-25(31-23)20-9-7-6-8-10-20/h6-10,19,22H,11-18H2,1-5H3,(H,32,36). The molecule has 41 heavy (non-hydrogen) atoms. The van der Waals surface area contributed by atoms with E-state index in [0.29, 0.717) is 37.6 Å². The molecule has 1 fully saturated rings. The SMILES string of the molecule is COCCc1cc(C(=O)NC(CCC(=O)OC(C)(C)C)C(=O)N2CCN(C(=O)OC)CC2)nc(-c2ccccc2)n1. The van der Waals surface area contributed by atoms with Crippen molar-refractivity contribution in [2.24, 2.45) is 0 Å². The number of nitrogens with one attached hydrogen (secondary N) is 1. The number of amides is 3. The molecule has 0 bridgehead atoms. The van der Waals surface area contributed by atoms with Gasteiger partial charge in [-0.1, -0.05) is 30.3 Å². The Kier molecular flexibility index (Phi) is 11.2. The van der Waals surface area contributed by atoms with Crippen LogP contribution in [0.25, 0.3) is 11.4 Å². The third-order valence-electron chi connectivity index (χ3n) is 6.29. The number of esters is 1. The number of carbonyl (C=O) groups is 4. The molecule has 222 valence electrons. The maximum atomic E-state index is 13.6. The van der Waals surface area contributed by atoms with E-state index >= 15 is 0 Å². The van der Waals surface area contributed by atoms with Gasteiger partial charge in [0.05, 0.1) is 13.7 Å². The van der Waals surface area contributed by atoms with Crippen molar-refractivity contribution in [1.82, 2.24) is 25.1 Å². The molecule has 0 spiro atoms. The van der Waals surface area contributed by atoms with Gasteiger partial charge in [0, 0.05) is 57.4 Å². The van der Waals surface area contributed by atoms with Crippen LogP contribution in [-0.2, 0) is 30.2 Å². The fraction of sp³-hybridized carbons (Fsp3) is 0.517. The first-order chi connectivity index (χ1) is 19.5. The second-order valence-electron chi connectivity index (χ2n) is 10.6. The molecule has 2 heterocycles. The van der Waals surface area contributed by atoms with Crippen molar-refractivity contribution in [3.8, 4) is 11.4 Å². The molecule has 1 saturated heterocycles. The van der Waals surface area contributed by atoms with Gasteiger partial charge in [0.1, 0.15) is 17.3 Å². The van der Waals surface area contributed by atoms with Crippen molar-refractivity contribution in [3.63, 3.8) is 0 Å². The summed E-state index contributed by atoms with van der Waals surface area (Å²) in [5.41, 5.74) is 0.760. The third-order valence-corrected chi connectivity index (χ3v) is 6.29. The van der Waals surface area contributed by atoms with Crippen LogP contribution >= 0.6 is 0 Å². The summed E-state index contributed by atoms with van der Waals surface area (Å²) in [6.45, 7) is 6.80. The Balaban J connectivity index is 1.83. The minimum absolute atomic E-state index is 0.0316. The third kappa shape index (κ3) is 9.52. The molecule has 1 aromatic heterocycles. The van der Waals surface area contributed by atoms with Gasteiger partial charge in [-0.25, -0.2) is 14.8 Å². The number of piperazine rings is 1. The Morgan fingerprint density at radius 2 is 1.63 bits per heavy atom. The van der Waals surface area contributed by atoms with Crippen molar-refractivity contribution in [1.29, 1.82) is 0 Å².